The van der Waals surface area contributed by atoms with Crippen LogP contribution in [-0.2, 0) is 0 Å². The van der Waals surface area contributed by atoms with Gasteiger partial charge in [-0.3, -0.25) is 0 Å². The molecule has 6 nitrogen and oxygen atoms in total. The molecule has 2 aromatic carbocycles. The van der Waals surface area contributed by atoms with Crippen molar-refractivity contribution in [3.63, 3.8) is 0 Å². The number of benzene rings is 2. The van der Waals surface area contributed by atoms with E-state index < -0.39 is 0 Å². The van der Waals surface area contributed by atoms with Crippen molar-refractivity contribution < 1.29 is 4.74 Å². The summed E-state index contributed by atoms with van der Waals surface area (Å²) >= 11 is 0. The van der Waals surface area contributed by atoms with E-state index in [-0.39, 0.29) is 6.10 Å². The van der Waals surface area contributed by atoms with Gasteiger partial charge in [0.25, 0.3) is 0 Å². The molecule has 2 N–H and O–H groups in total. The Morgan fingerprint density at radius 1 is 0.885 bits per heavy atom. The fourth-order valence-corrected chi connectivity index (χ4v) is 2.40. The minimum atomic E-state index is 0.152. The first-order valence-corrected chi connectivity index (χ1v) is 8.57. The smallest absolute Gasteiger partial charge is 0.249 e. The molecule has 0 bridgehead atoms. The standard InChI is InChI=1S/C20H23N5O/c1-13(2)26-18-9-7-16(8-10-18)22-19-12-21-25-20(24-19)23-17-6-5-14(3)15(4)11-17/h5-13H,1-4H3,(H2,22,23,24,25). The van der Waals surface area contributed by atoms with Crippen LogP contribution < -0.4 is 15.4 Å². The van der Waals surface area contributed by atoms with Gasteiger partial charge >= 0.3 is 0 Å². The van der Waals surface area contributed by atoms with Gasteiger partial charge in [0.15, 0.2) is 5.82 Å². The Balaban J connectivity index is 1.69. The van der Waals surface area contributed by atoms with Crippen molar-refractivity contribution in [1.29, 1.82) is 0 Å². The Hall–Kier alpha value is -3.15. The van der Waals surface area contributed by atoms with Crippen LogP contribution in [0.3, 0.4) is 0 Å². The van der Waals surface area contributed by atoms with E-state index in [1.54, 1.807) is 6.20 Å². The van der Waals surface area contributed by atoms with E-state index in [1.165, 1.54) is 11.1 Å². The van der Waals surface area contributed by atoms with Crippen molar-refractivity contribution in [3.05, 3.63) is 59.8 Å². The van der Waals surface area contributed by atoms with Gasteiger partial charge < -0.3 is 15.4 Å². The summed E-state index contributed by atoms with van der Waals surface area (Å²) in [5.74, 6) is 1.89. The molecule has 0 saturated carbocycles. The van der Waals surface area contributed by atoms with Gasteiger partial charge in [-0.05, 0) is 75.2 Å². The summed E-state index contributed by atoms with van der Waals surface area (Å²) in [5.41, 5.74) is 4.29. The van der Waals surface area contributed by atoms with Crippen molar-refractivity contribution in [2.24, 2.45) is 0 Å². The van der Waals surface area contributed by atoms with Crippen LogP contribution in [-0.4, -0.2) is 21.3 Å². The lowest BCUT2D eigenvalue weighted by atomic mass is 10.1. The van der Waals surface area contributed by atoms with Crippen LogP contribution in [0, 0.1) is 13.8 Å². The third kappa shape index (κ3) is 4.69. The lowest BCUT2D eigenvalue weighted by molar-refractivity contribution is 0.242. The van der Waals surface area contributed by atoms with Crippen LogP contribution in [0.4, 0.5) is 23.1 Å². The Morgan fingerprint density at radius 3 is 2.31 bits per heavy atom. The highest BCUT2D eigenvalue weighted by molar-refractivity contribution is 5.60. The lowest BCUT2D eigenvalue weighted by Crippen LogP contribution is -2.05. The van der Waals surface area contributed by atoms with E-state index in [1.807, 2.05) is 44.2 Å². The highest BCUT2D eigenvalue weighted by atomic mass is 16.5. The van der Waals surface area contributed by atoms with Crippen LogP contribution >= 0.6 is 0 Å². The Labute approximate surface area is 153 Å². The molecule has 3 aromatic rings. The number of aryl methyl sites for hydroxylation is 2. The predicted octanol–water partition coefficient (Wildman–Crippen LogP) is 4.76. The van der Waals surface area contributed by atoms with E-state index in [4.69, 9.17) is 4.74 Å². The SMILES string of the molecule is Cc1ccc(Nc2nncc(Nc3ccc(OC(C)C)cc3)n2)cc1C. The molecule has 0 unspecified atom stereocenters. The highest BCUT2D eigenvalue weighted by Crippen LogP contribution is 2.21. The normalized spacial score (nSPS) is 10.7. The van der Waals surface area contributed by atoms with Crippen LogP contribution in [0.5, 0.6) is 5.75 Å². The van der Waals surface area contributed by atoms with Crippen LogP contribution in [0.15, 0.2) is 48.7 Å². The topological polar surface area (TPSA) is 72.0 Å². The molecule has 0 saturated heterocycles. The predicted molar refractivity (Wildman–Crippen MR) is 105 cm³/mol. The van der Waals surface area contributed by atoms with Crippen molar-refractivity contribution >= 4 is 23.1 Å². The molecule has 0 aliphatic rings. The van der Waals surface area contributed by atoms with Gasteiger partial charge in [0.2, 0.25) is 5.95 Å². The molecule has 0 spiro atoms. The van der Waals surface area contributed by atoms with Crippen LogP contribution in [0.1, 0.15) is 25.0 Å². The quantitative estimate of drug-likeness (QED) is 0.668. The van der Waals surface area contributed by atoms with E-state index in [2.05, 4.69) is 51.8 Å². The number of hydrogen-bond donors (Lipinski definition) is 2. The first kappa shape index (κ1) is 17.7. The summed E-state index contributed by atoms with van der Waals surface area (Å²) in [6.45, 7) is 8.16. The summed E-state index contributed by atoms with van der Waals surface area (Å²) < 4.78 is 5.65. The molecule has 134 valence electrons. The summed E-state index contributed by atoms with van der Waals surface area (Å²) in [6.07, 6.45) is 1.74. The number of nitrogens with one attached hydrogen (secondary N) is 2. The van der Waals surface area contributed by atoms with Crippen molar-refractivity contribution in [1.82, 2.24) is 15.2 Å². The number of aromatic nitrogens is 3. The van der Waals surface area contributed by atoms with Crippen LogP contribution in [0.25, 0.3) is 0 Å². The minimum Gasteiger partial charge on any atom is -0.491 e. The monoisotopic (exact) mass is 349 g/mol. The average molecular weight is 349 g/mol. The van der Waals surface area contributed by atoms with E-state index in [0.29, 0.717) is 11.8 Å². The Kier molecular flexibility index (Phi) is 5.31. The van der Waals surface area contributed by atoms with Gasteiger partial charge in [0.05, 0.1) is 12.3 Å². The molecule has 1 heterocycles. The number of hydrogen-bond acceptors (Lipinski definition) is 6. The lowest BCUT2D eigenvalue weighted by Gasteiger charge is -2.11. The molecule has 0 amide bonds. The maximum absolute atomic E-state index is 5.65. The first-order chi connectivity index (χ1) is 12.5. The number of rotatable bonds is 6. The third-order valence-electron chi connectivity index (χ3n) is 3.82. The summed E-state index contributed by atoms with van der Waals surface area (Å²) in [5, 5.41) is 14.5. The maximum atomic E-state index is 5.65. The van der Waals surface area contributed by atoms with E-state index in [9.17, 15) is 0 Å². The Bertz CT molecular complexity index is 878. The van der Waals surface area contributed by atoms with Gasteiger partial charge in [-0.2, -0.15) is 10.1 Å². The van der Waals surface area contributed by atoms with Crippen molar-refractivity contribution in [2.45, 2.75) is 33.8 Å². The summed E-state index contributed by atoms with van der Waals surface area (Å²) in [7, 11) is 0. The highest BCUT2D eigenvalue weighted by Gasteiger charge is 2.04. The second-order valence-corrected chi connectivity index (χ2v) is 6.41. The first-order valence-electron chi connectivity index (χ1n) is 8.57. The zero-order valence-electron chi connectivity index (χ0n) is 15.4. The van der Waals surface area contributed by atoms with Gasteiger partial charge in [0.1, 0.15) is 5.75 Å². The molecule has 0 atom stereocenters. The minimum absolute atomic E-state index is 0.152. The van der Waals surface area contributed by atoms with E-state index in [0.717, 1.165) is 17.1 Å². The number of nitrogens with zero attached hydrogens (tertiary/aromatic N) is 3. The number of ether oxygens (including phenoxy) is 1. The molecule has 0 aliphatic heterocycles. The molecule has 3 rings (SSSR count). The third-order valence-corrected chi connectivity index (χ3v) is 3.82. The van der Waals surface area contributed by atoms with Crippen molar-refractivity contribution in [3.8, 4) is 5.75 Å². The van der Waals surface area contributed by atoms with Gasteiger partial charge in [-0.1, -0.05) is 6.07 Å². The summed E-state index contributed by atoms with van der Waals surface area (Å²) in [4.78, 5) is 4.46. The largest absolute Gasteiger partial charge is 0.491 e. The molecular formula is C20H23N5O. The second kappa shape index (κ2) is 7.82. The number of anilines is 4. The maximum Gasteiger partial charge on any atom is 0.249 e. The van der Waals surface area contributed by atoms with Gasteiger partial charge in [-0.25, -0.2) is 0 Å². The van der Waals surface area contributed by atoms with Crippen molar-refractivity contribution in [2.75, 3.05) is 10.6 Å². The molecule has 0 fully saturated rings. The van der Waals surface area contributed by atoms with E-state index >= 15 is 0 Å². The Morgan fingerprint density at radius 2 is 1.62 bits per heavy atom. The molecular weight excluding hydrogens is 326 g/mol. The molecule has 0 radical (unpaired) electrons. The molecule has 0 aliphatic carbocycles. The zero-order valence-corrected chi connectivity index (χ0v) is 15.4. The van der Waals surface area contributed by atoms with Gasteiger partial charge in [-0.15, -0.1) is 5.10 Å². The fraction of sp³-hybridized carbons (Fsp3) is 0.250. The molecule has 1 aromatic heterocycles. The summed E-state index contributed by atoms with van der Waals surface area (Å²) in [6, 6.07) is 13.8. The molecule has 6 heteroatoms. The molecule has 26 heavy (non-hydrogen) atoms. The zero-order chi connectivity index (χ0) is 18.5. The van der Waals surface area contributed by atoms with Crippen LogP contribution in [0.2, 0.25) is 0 Å². The fourth-order valence-electron chi connectivity index (χ4n) is 2.40. The second-order valence-electron chi connectivity index (χ2n) is 6.41. The average Bonchev–Trinajstić information content (AvgIpc) is 2.60. The van der Waals surface area contributed by atoms with Gasteiger partial charge in [0, 0.05) is 11.4 Å².